The first-order valence-corrected chi connectivity index (χ1v) is 22.5. The number of fused-ring (bicyclic) bond motifs is 1. The Kier molecular flexibility index (Phi) is 12.1. The van der Waals surface area contributed by atoms with E-state index in [9.17, 15) is 5.11 Å². The average Bonchev–Trinajstić information content (AvgIpc) is 3.74. The Morgan fingerprint density at radius 3 is 1.75 bits per heavy atom. The van der Waals surface area contributed by atoms with Crippen molar-refractivity contribution in [2.45, 2.75) is 53.3 Å². The Morgan fingerprint density at radius 1 is 0.537 bits per heavy atom. The Balaban J connectivity index is 0.00000593. The maximum Gasteiger partial charge on any atom is 0.148 e. The zero-order valence-electron chi connectivity index (χ0n) is 40.5. The molecule has 0 bridgehead atoms. The van der Waals surface area contributed by atoms with Gasteiger partial charge >= 0.3 is 0 Å². The molecule has 0 radical (unpaired) electrons. The first-order chi connectivity index (χ1) is 32.7. The van der Waals surface area contributed by atoms with E-state index >= 15 is 0 Å². The van der Waals surface area contributed by atoms with E-state index in [1.165, 1.54) is 11.1 Å². The molecule has 4 nitrogen and oxygen atoms in total. The second-order valence-electron chi connectivity index (χ2n) is 17.6. The van der Waals surface area contributed by atoms with Crippen LogP contribution in [0.3, 0.4) is 0 Å². The molecule has 0 aliphatic rings. The summed E-state index contributed by atoms with van der Waals surface area (Å²) in [6.07, 6.45) is 1.87. The minimum Gasteiger partial charge on any atom is -0.507 e. The maximum absolute atomic E-state index is 11.8. The Hall–Kier alpha value is -7.13. The first-order valence-electron chi connectivity index (χ1n) is 23.5. The molecule has 0 spiro atoms. The summed E-state index contributed by atoms with van der Waals surface area (Å²) in [5.74, 6) is -0.984. The van der Waals surface area contributed by atoms with Gasteiger partial charge in [0.1, 0.15) is 11.6 Å². The summed E-state index contributed by atoms with van der Waals surface area (Å²) in [7, 11) is 0. The number of aromatic nitrogens is 3. The van der Waals surface area contributed by atoms with Crippen LogP contribution in [0, 0.1) is 19.9 Å². The molecule has 1 N–H and O–H groups in total. The fourth-order valence-corrected chi connectivity index (χ4v) is 9.26. The molecule has 2 heterocycles. The van der Waals surface area contributed by atoms with Crippen LogP contribution in [0.2, 0.25) is 0 Å². The molecule has 0 unspecified atom stereocenters. The summed E-state index contributed by atoms with van der Waals surface area (Å²) in [6, 6.07) is 66.3. The summed E-state index contributed by atoms with van der Waals surface area (Å²) in [5, 5.41) is 11.8. The van der Waals surface area contributed by atoms with Crippen LogP contribution in [0.5, 0.6) is 5.75 Å². The molecule has 8 aromatic carbocycles. The molecule has 332 valence electrons. The molecule has 0 saturated heterocycles. The number of rotatable bonds is 10. The molecule has 0 aliphatic heterocycles. The molecule has 10 aromatic rings. The summed E-state index contributed by atoms with van der Waals surface area (Å²) in [4.78, 5) is 10.4. The van der Waals surface area contributed by atoms with E-state index in [-0.39, 0.29) is 26.8 Å². The molecular formula is C62H52N3OPt-. The fraction of sp³-hybridized carbons (Fsp3) is 0.129. The number of phenolic OH excluding ortho intramolecular Hbond substituents is 1. The van der Waals surface area contributed by atoms with Gasteiger partial charge < -0.3 is 5.11 Å². The minimum absolute atomic E-state index is 0. The second kappa shape index (κ2) is 19.0. The van der Waals surface area contributed by atoms with Crippen LogP contribution in [0.1, 0.15) is 64.5 Å². The number of benzene rings is 8. The third-order valence-corrected chi connectivity index (χ3v) is 12.6. The van der Waals surface area contributed by atoms with Crippen molar-refractivity contribution in [2.75, 3.05) is 0 Å². The zero-order valence-corrected chi connectivity index (χ0v) is 40.8. The SMILES string of the molecule is [2H]C(C)(C)c1cccc(C([2H])(C)C)c1-c1ccc(-n2c(-c3cc(C)cc(C)c3O)nc3c(-c4[c-]c(-c5cc(-c6ccc(-c7ccccc7)cc6)ccn5)cc(-c5ccccc5)c4)cccc32)cc1.[Pt]. The largest absolute Gasteiger partial charge is 0.507 e. The summed E-state index contributed by atoms with van der Waals surface area (Å²) in [6.45, 7) is 11.5. The van der Waals surface area contributed by atoms with Crippen LogP contribution >= 0.6 is 0 Å². The van der Waals surface area contributed by atoms with Crippen LogP contribution in [-0.4, -0.2) is 19.6 Å². The number of hydrogen-bond donors (Lipinski definition) is 1. The number of hydrogen-bond acceptors (Lipinski definition) is 3. The summed E-state index contributed by atoms with van der Waals surface area (Å²) < 4.78 is 20.3. The predicted octanol–water partition coefficient (Wildman–Crippen LogP) is 16.5. The van der Waals surface area contributed by atoms with Crippen molar-refractivity contribution in [1.29, 1.82) is 0 Å². The molecule has 67 heavy (non-hydrogen) atoms. The van der Waals surface area contributed by atoms with Crippen LogP contribution in [0.4, 0.5) is 0 Å². The van der Waals surface area contributed by atoms with Gasteiger partial charge in [0.05, 0.1) is 16.6 Å². The van der Waals surface area contributed by atoms with Gasteiger partial charge in [0, 0.05) is 41.4 Å². The van der Waals surface area contributed by atoms with Crippen molar-refractivity contribution in [1.82, 2.24) is 14.5 Å². The van der Waals surface area contributed by atoms with E-state index in [2.05, 4.69) is 150 Å². The monoisotopic (exact) mass is 1050 g/mol. The second-order valence-corrected chi connectivity index (χ2v) is 17.6. The van der Waals surface area contributed by atoms with Crippen LogP contribution in [-0.2, 0) is 21.1 Å². The van der Waals surface area contributed by atoms with Crippen molar-refractivity contribution in [3.8, 4) is 89.7 Å². The molecule has 0 fully saturated rings. The standard InChI is InChI=1S/C62H52N3O.Pt/c1-39(2)53-19-13-20-54(40(3)4)59(53)47-27-29-52(30-28-47)65-58-22-14-21-55(60(58)64-62(65)56-34-41(5)33-42(6)61(56)66)50-35-49(44-17-11-8-12-18-44)36-51(37-50)57-38-48(31-32-63-57)46-25-23-45(24-26-46)43-15-9-7-10-16-43;/h7-36,38-40,66H,1-6H3;/q-1;/i39D,40D;. The Morgan fingerprint density at radius 2 is 1.10 bits per heavy atom. The van der Waals surface area contributed by atoms with Crippen molar-refractivity contribution in [3.63, 3.8) is 0 Å². The van der Waals surface area contributed by atoms with Crippen LogP contribution in [0.15, 0.2) is 188 Å². The Bertz CT molecular complexity index is 3450. The molecule has 2 aromatic heterocycles. The zero-order chi connectivity index (χ0) is 47.3. The molecule has 0 saturated carbocycles. The molecule has 0 aliphatic carbocycles. The van der Waals surface area contributed by atoms with E-state index in [1.807, 2.05) is 90.2 Å². The van der Waals surface area contributed by atoms with Gasteiger partial charge in [0.15, 0.2) is 0 Å². The first kappa shape index (κ1) is 42.5. The van der Waals surface area contributed by atoms with Crippen molar-refractivity contribution < 1.29 is 28.9 Å². The third-order valence-electron chi connectivity index (χ3n) is 12.6. The topological polar surface area (TPSA) is 50.9 Å². The van der Waals surface area contributed by atoms with Gasteiger partial charge in [-0.1, -0.05) is 184 Å². The number of imidazole rings is 1. The van der Waals surface area contributed by atoms with E-state index < -0.39 is 11.8 Å². The number of para-hydroxylation sites is 1. The van der Waals surface area contributed by atoms with E-state index in [4.69, 9.17) is 12.7 Å². The Labute approximate surface area is 411 Å². The molecular weight excluding hydrogens is 998 g/mol. The van der Waals surface area contributed by atoms with Crippen LogP contribution < -0.4 is 0 Å². The molecule has 5 heteroatoms. The average molecular weight is 1050 g/mol. The van der Waals surface area contributed by atoms with Crippen molar-refractivity contribution >= 4 is 11.0 Å². The van der Waals surface area contributed by atoms with Gasteiger partial charge in [0.2, 0.25) is 0 Å². The normalized spacial score (nSPS) is 12.1. The smallest absolute Gasteiger partial charge is 0.148 e. The number of aryl methyl sites for hydroxylation is 2. The third kappa shape index (κ3) is 8.83. The summed E-state index contributed by atoms with van der Waals surface area (Å²) in [5.41, 5.74) is 18.5. The van der Waals surface area contributed by atoms with E-state index in [1.54, 1.807) is 0 Å². The van der Waals surface area contributed by atoms with Gasteiger partial charge in [-0.15, -0.1) is 23.8 Å². The van der Waals surface area contributed by atoms with Gasteiger partial charge in [-0.2, -0.15) is 0 Å². The number of nitrogens with zero attached hydrogens (tertiary/aromatic N) is 3. The van der Waals surface area contributed by atoms with E-state index in [0.717, 1.165) is 94.7 Å². The minimum atomic E-state index is -0.886. The van der Waals surface area contributed by atoms with Gasteiger partial charge in [0.25, 0.3) is 0 Å². The number of phenols is 1. The maximum atomic E-state index is 11.8. The van der Waals surface area contributed by atoms with Crippen molar-refractivity contribution in [2.24, 2.45) is 0 Å². The van der Waals surface area contributed by atoms with Gasteiger partial charge in [-0.05, 0) is 117 Å². The number of aromatic hydroxyl groups is 1. The van der Waals surface area contributed by atoms with Crippen molar-refractivity contribution in [3.05, 3.63) is 217 Å². The van der Waals surface area contributed by atoms with E-state index in [0.29, 0.717) is 11.4 Å². The molecule has 0 amide bonds. The van der Waals surface area contributed by atoms with Crippen LogP contribution in [0.25, 0.3) is 95.0 Å². The predicted molar refractivity (Wildman–Crippen MR) is 275 cm³/mol. The fourth-order valence-electron chi connectivity index (χ4n) is 9.26. The van der Waals surface area contributed by atoms with Gasteiger partial charge in [-0.3, -0.25) is 9.55 Å². The molecule has 10 rings (SSSR count). The number of pyridine rings is 1. The summed E-state index contributed by atoms with van der Waals surface area (Å²) >= 11 is 0. The molecule has 0 atom stereocenters. The van der Waals surface area contributed by atoms with Gasteiger partial charge in [-0.25, -0.2) is 4.98 Å². The quantitative estimate of drug-likeness (QED) is 0.139.